The highest BCUT2D eigenvalue weighted by atomic mass is 16.6. The lowest BCUT2D eigenvalue weighted by Gasteiger charge is -2.19. The summed E-state index contributed by atoms with van der Waals surface area (Å²) in [6.07, 6.45) is 0.505. The third-order valence-corrected chi connectivity index (χ3v) is 4.39. The van der Waals surface area contributed by atoms with Crippen LogP contribution in [0.4, 0.5) is 4.79 Å². The molecule has 0 bridgehead atoms. The summed E-state index contributed by atoms with van der Waals surface area (Å²) in [5.41, 5.74) is 2.32. The highest BCUT2D eigenvalue weighted by Crippen LogP contribution is 2.40. The smallest absolute Gasteiger partial charge is 0.407 e. The summed E-state index contributed by atoms with van der Waals surface area (Å²) in [6, 6.07) is 17.5. The molecular weight excluding hydrogens is 340 g/mol. The number of hydrogen-bond acceptors (Lipinski definition) is 3. The number of alkyl carbamates (subject to hydrolysis) is 1. The molecule has 0 unspecified atom stereocenters. The molecule has 2 atom stereocenters. The lowest BCUT2D eigenvalue weighted by Crippen LogP contribution is -2.34. The first-order valence-corrected chi connectivity index (χ1v) is 9.23. The number of nitrogens with one attached hydrogen (secondary N) is 2. The quantitative estimate of drug-likeness (QED) is 0.840. The van der Waals surface area contributed by atoms with Crippen molar-refractivity contribution in [2.45, 2.75) is 51.3 Å². The standard InChI is InChI=1S/C22H26N2O3/c1-22(2,3)27-21(26)24-19-13-18(19)16-9-11-17(12-10-16)20(25)23-14-15-7-5-4-6-8-15/h4-12,18-19H,13-14H2,1-3H3,(H,23,25)(H,24,26)/t18-,19+/m0/s1. The Labute approximate surface area is 160 Å². The van der Waals surface area contributed by atoms with Crippen LogP contribution in [-0.2, 0) is 11.3 Å². The summed E-state index contributed by atoms with van der Waals surface area (Å²) < 4.78 is 5.28. The fourth-order valence-corrected chi connectivity index (χ4v) is 2.94. The lowest BCUT2D eigenvalue weighted by atomic mass is 10.1. The minimum atomic E-state index is -0.497. The Kier molecular flexibility index (Phi) is 5.49. The van der Waals surface area contributed by atoms with Gasteiger partial charge in [0.2, 0.25) is 0 Å². The molecule has 3 rings (SSSR count). The largest absolute Gasteiger partial charge is 0.444 e. The molecule has 1 fully saturated rings. The molecule has 2 aromatic carbocycles. The number of rotatable bonds is 5. The Bertz CT molecular complexity index is 795. The minimum absolute atomic E-state index is 0.0929. The van der Waals surface area contributed by atoms with Crippen molar-refractivity contribution >= 4 is 12.0 Å². The van der Waals surface area contributed by atoms with Crippen LogP contribution in [0.3, 0.4) is 0 Å². The van der Waals surface area contributed by atoms with E-state index in [1.165, 1.54) is 0 Å². The molecule has 0 saturated heterocycles. The second-order valence-corrected chi connectivity index (χ2v) is 7.89. The van der Waals surface area contributed by atoms with Crippen LogP contribution in [0.25, 0.3) is 0 Å². The molecule has 0 radical (unpaired) electrons. The summed E-state index contributed by atoms with van der Waals surface area (Å²) in [5.74, 6) is 0.184. The molecule has 0 aliphatic heterocycles. The SMILES string of the molecule is CC(C)(C)OC(=O)N[C@@H]1C[C@H]1c1ccc(C(=O)NCc2ccccc2)cc1. The molecule has 5 heteroatoms. The molecule has 0 heterocycles. The molecule has 2 aromatic rings. The van der Waals surface area contributed by atoms with Crippen molar-refractivity contribution < 1.29 is 14.3 Å². The van der Waals surface area contributed by atoms with Gasteiger partial charge in [0.05, 0.1) is 0 Å². The van der Waals surface area contributed by atoms with Crippen molar-refractivity contribution in [3.05, 3.63) is 71.3 Å². The summed E-state index contributed by atoms with van der Waals surface area (Å²) in [7, 11) is 0. The predicted octanol–water partition coefficient (Wildman–Crippen LogP) is 4.00. The zero-order valence-electron chi connectivity index (χ0n) is 16.0. The van der Waals surface area contributed by atoms with Crippen LogP contribution < -0.4 is 10.6 Å². The van der Waals surface area contributed by atoms with Gasteiger partial charge in [0.15, 0.2) is 0 Å². The summed E-state index contributed by atoms with van der Waals surface area (Å²) in [6.45, 7) is 6.04. The van der Waals surface area contributed by atoms with E-state index in [1.807, 2.05) is 75.4 Å². The third-order valence-electron chi connectivity index (χ3n) is 4.39. The van der Waals surface area contributed by atoms with Gasteiger partial charge in [-0.05, 0) is 50.5 Å². The molecule has 1 saturated carbocycles. The number of hydrogen-bond donors (Lipinski definition) is 2. The second-order valence-electron chi connectivity index (χ2n) is 7.89. The van der Waals surface area contributed by atoms with Gasteiger partial charge < -0.3 is 15.4 Å². The number of carbonyl (C=O) groups is 2. The normalized spacial score (nSPS) is 18.5. The van der Waals surface area contributed by atoms with Gasteiger partial charge in [0.25, 0.3) is 5.91 Å². The van der Waals surface area contributed by atoms with E-state index in [-0.39, 0.29) is 24.0 Å². The molecule has 1 aliphatic rings. The van der Waals surface area contributed by atoms with Gasteiger partial charge in [-0.15, -0.1) is 0 Å². The summed E-state index contributed by atoms with van der Waals surface area (Å²) in [5, 5.41) is 5.82. The van der Waals surface area contributed by atoms with Gasteiger partial charge in [-0.2, -0.15) is 0 Å². The molecule has 142 valence electrons. The van der Waals surface area contributed by atoms with Crippen molar-refractivity contribution in [2.75, 3.05) is 0 Å². The van der Waals surface area contributed by atoms with Gasteiger partial charge in [0.1, 0.15) is 5.60 Å². The molecule has 27 heavy (non-hydrogen) atoms. The van der Waals surface area contributed by atoms with Gasteiger partial charge in [-0.1, -0.05) is 42.5 Å². The average molecular weight is 366 g/mol. The van der Waals surface area contributed by atoms with Crippen LogP contribution in [-0.4, -0.2) is 23.6 Å². The monoisotopic (exact) mass is 366 g/mol. The molecule has 5 nitrogen and oxygen atoms in total. The van der Waals surface area contributed by atoms with E-state index in [9.17, 15) is 9.59 Å². The van der Waals surface area contributed by atoms with Crippen molar-refractivity contribution in [1.29, 1.82) is 0 Å². The highest BCUT2D eigenvalue weighted by molar-refractivity contribution is 5.94. The molecular formula is C22H26N2O3. The predicted molar refractivity (Wildman–Crippen MR) is 105 cm³/mol. The first-order chi connectivity index (χ1) is 12.8. The van der Waals surface area contributed by atoms with Crippen molar-refractivity contribution in [2.24, 2.45) is 0 Å². The molecule has 1 aliphatic carbocycles. The van der Waals surface area contributed by atoms with E-state index in [0.717, 1.165) is 17.5 Å². The topological polar surface area (TPSA) is 67.4 Å². The maximum atomic E-state index is 12.3. The van der Waals surface area contributed by atoms with Crippen LogP contribution in [0.5, 0.6) is 0 Å². The zero-order chi connectivity index (χ0) is 19.4. The van der Waals surface area contributed by atoms with Crippen molar-refractivity contribution in [3.8, 4) is 0 Å². The van der Waals surface area contributed by atoms with Gasteiger partial charge in [0, 0.05) is 24.1 Å². The van der Waals surface area contributed by atoms with E-state index in [4.69, 9.17) is 4.74 Å². The Balaban J connectivity index is 1.49. The van der Waals surface area contributed by atoms with Crippen molar-refractivity contribution in [3.63, 3.8) is 0 Å². The van der Waals surface area contributed by atoms with Crippen LogP contribution >= 0.6 is 0 Å². The highest BCUT2D eigenvalue weighted by Gasteiger charge is 2.40. The zero-order valence-corrected chi connectivity index (χ0v) is 16.0. The fourth-order valence-electron chi connectivity index (χ4n) is 2.94. The summed E-state index contributed by atoms with van der Waals surface area (Å²) >= 11 is 0. The van der Waals surface area contributed by atoms with E-state index in [1.54, 1.807) is 0 Å². The van der Waals surface area contributed by atoms with Crippen LogP contribution in [0.15, 0.2) is 54.6 Å². The molecule has 0 aromatic heterocycles. The van der Waals surface area contributed by atoms with E-state index < -0.39 is 5.60 Å². The Morgan fingerprint density at radius 3 is 2.33 bits per heavy atom. The van der Waals surface area contributed by atoms with Crippen LogP contribution in [0.1, 0.15) is 54.6 Å². The Hall–Kier alpha value is -2.82. The van der Waals surface area contributed by atoms with Crippen molar-refractivity contribution in [1.82, 2.24) is 10.6 Å². The summed E-state index contributed by atoms with van der Waals surface area (Å²) in [4.78, 5) is 24.1. The number of amides is 2. The Morgan fingerprint density at radius 2 is 1.70 bits per heavy atom. The number of benzene rings is 2. The van der Waals surface area contributed by atoms with E-state index >= 15 is 0 Å². The van der Waals surface area contributed by atoms with Gasteiger partial charge >= 0.3 is 6.09 Å². The molecule has 2 N–H and O–H groups in total. The fraction of sp³-hybridized carbons (Fsp3) is 0.364. The van der Waals surface area contributed by atoms with Gasteiger partial charge in [-0.25, -0.2) is 4.79 Å². The lowest BCUT2D eigenvalue weighted by molar-refractivity contribution is 0.0522. The minimum Gasteiger partial charge on any atom is -0.444 e. The van der Waals surface area contributed by atoms with Crippen LogP contribution in [0, 0.1) is 0 Å². The molecule has 0 spiro atoms. The maximum Gasteiger partial charge on any atom is 0.407 e. The van der Waals surface area contributed by atoms with Gasteiger partial charge in [-0.3, -0.25) is 4.79 Å². The van der Waals surface area contributed by atoms with E-state index in [2.05, 4.69) is 10.6 Å². The number of carbonyl (C=O) groups excluding carboxylic acids is 2. The number of ether oxygens (including phenoxy) is 1. The Morgan fingerprint density at radius 1 is 1.04 bits per heavy atom. The third kappa shape index (κ3) is 5.58. The first kappa shape index (κ1) is 19.0. The first-order valence-electron chi connectivity index (χ1n) is 9.23. The average Bonchev–Trinajstić information content (AvgIpc) is 3.38. The van der Waals surface area contributed by atoms with Crippen LogP contribution in [0.2, 0.25) is 0 Å². The van der Waals surface area contributed by atoms with E-state index in [0.29, 0.717) is 12.1 Å². The maximum absolute atomic E-state index is 12.3. The molecule has 2 amide bonds. The second kappa shape index (κ2) is 7.82.